The van der Waals surface area contributed by atoms with Crippen LogP contribution in [0, 0.1) is 5.92 Å². The molecule has 0 aliphatic carbocycles. The molecule has 3 nitrogen and oxygen atoms in total. The summed E-state index contributed by atoms with van der Waals surface area (Å²) in [6.07, 6.45) is -4.20. The highest BCUT2D eigenvalue weighted by Crippen LogP contribution is 2.25. The minimum atomic E-state index is -4.20. The summed E-state index contributed by atoms with van der Waals surface area (Å²) in [5.41, 5.74) is 0.793. The lowest BCUT2D eigenvalue weighted by molar-refractivity contribution is -0.119. The predicted octanol–water partition coefficient (Wildman–Crippen LogP) is 3.28. The van der Waals surface area contributed by atoms with Crippen LogP contribution in [0.15, 0.2) is 5.38 Å². The maximum atomic E-state index is 12.4. The summed E-state index contributed by atoms with van der Waals surface area (Å²) in [5, 5.41) is 5.46. The summed E-state index contributed by atoms with van der Waals surface area (Å²) in [5.74, 6) is 0.537. The first-order valence-corrected chi connectivity index (χ1v) is 7.16. The molecule has 0 unspecified atom stereocenters. The van der Waals surface area contributed by atoms with Crippen LogP contribution in [0.3, 0.4) is 0 Å². The van der Waals surface area contributed by atoms with Gasteiger partial charge in [-0.05, 0) is 19.4 Å². The molecular weight excluding hydrogens is 275 g/mol. The van der Waals surface area contributed by atoms with Crippen LogP contribution >= 0.6 is 11.3 Å². The molecule has 1 aromatic heterocycles. The van der Waals surface area contributed by atoms with Gasteiger partial charge in [-0.25, -0.2) is 4.98 Å². The summed E-state index contributed by atoms with van der Waals surface area (Å²) in [4.78, 5) is 5.49. The fraction of sp³-hybridized carbons (Fsp3) is 0.750. The molecule has 110 valence electrons. The molecule has 0 aliphatic rings. The van der Waals surface area contributed by atoms with Crippen LogP contribution < -0.4 is 10.2 Å². The Labute approximate surface area is 115 Å². The highest BCUT2D eigenvalue weighted by molar-refractivity contribution is 7.13. The van der Waals surface area contributed by atoms with Crippen LogP contribution in [-0.2, 0) is 6.54 Å². The van der Waals surface area contributed by atoms with E-state index in [0.717, 1.165) is 12.2 Å². The summed E-state index contributed by atoms with van der Waals surface area (Å²) in [7, 11) is 0. The minimum Gasteiger partial charge on any atom is -0.339 e. The van der Waals surface area contributed by atoms with Crippen molar-refractivity contribution in [2.75, 3.05) is 24.5 Å². The third-order valence-electron chi connectivity index (χ3n) is 2.42. The predicted molar refractivity (Wildman–Crippen MR) is 72.6 cm³/mol. The smallest absolute Gasteiger partial charge is 0.339 e. The van der Waals surface area contributed by atoms with Gasteiger partial charge in [0.1, 0.15) is 6.54 Å². The van der Waals surface area contributed by atoms with E-state index in [1.54, 1.807) is 6.92 Å². The standard InChI is InChI=1S/C12H20F3N3S/c1-4-18(8-12(13,14)15)11-17-10(7-19-11)6-16-5-9(2)3/h7,9,16H,4-6,8H2,1-3H3. The maximum Gasteiger partial charge on any atom is 0.406 e. The fourth-order valence-corrected chi connectivity index (χ4v) is 2.43. The van der Waals surface area contributed by atoms with Gasteiger partial charge >= 0.3 is 6.18 Å². The molecule has 1 N–H and O–H groups in total. The number of thiazole rings is 1. The molecular formula is C12H20F3N3S. The topological polar surface area (TPSA) is 28.2 Å². The third kappa shape index (κ3) is 6.24. The molecule has 0 aliphatic heterocycles. The van der Waals surface area contributed by atoms with Gasteiger partial charge in [0.25, 0.3) is 0 Å². The molecule has 1 aromatic rings. The summed E-state index contributed by atoms with van der Waals surface area (Å²) in [6, 6.07) is 0. The van der Waals surface area contributed by atoms with Crippen LogP contribution in [0.1, 0.15) is 26.5 Å². The number of hydrogen-bond acceptors (Lipinski definition) is 4. The van der Waals surface area contributed by atoms with Crippen molar-refractivity contribution in [3.05, 3.63) is 11.1 Å². The van der Waals surface area contributed by atoms with Crippen LogP contribution in [0.5, 0.6) is 0 Å². The van der Waals surface area contributed by atoms with E-state index in [1.807, 2.05) is 5.38 Å². The van der Waals surface area contributed by atoms with E-state index in [1.165, 1.54) is 16.2 Å². The highest BCUT2D eigenvalue weighted by atomic mass is 32.1. The second-order valence-electron chi connectivity index (χ2n) is 4.78. The number of nitrogens with zero attached hydrogens (tertiary/aromatic N) is 2. The zero-order valence-corrected chi connectivity index (χ0v) is 12.2. The lowest BCUT2D eigenvalue weighted by Crippen LogP contribution is -2.34. The number of nitrogens with one attached hydrogen (secondary N) is 1. The molecule has 7 heteroatoms. The first kappa shape index (κ1) is 16.2. The highest BCUT2D eigenvalue weighted by Gasteiger charge is 2.31. The second-order valence-corrected chi connectivity index (χ2v) is 5.61. The lowest BCUT2D eigenvalue weighted by Gasteiger charge is -2.21. The largest absolute Gasteiger partial charge is 0.406 e. The maximum absolute atomic E-state index is 12.4. The summed E-state index contributed by atoms with van der Waals surface area (Å²) in [6.45, 7) is 6.71. The van der Waals surface area contributed by atoms with Gasteiger partial charge in [0, 0.05) is 18.5 Å². The van der Waals surface area contributed by atoms with Crippen LogP contribution in [0.25, 0.3) is 0 Å². The number of halogens is 3. The van der Waals surface area contributed by atoms with Gasteiger partial charge in [0.05, 0.1) is 5.69 Å². The minimum absolute atomic E-state index is 0.298. The van der Waals surface area contributed by atoms with E-state index < -0.39 is 12.7 Å². The van der Waals surface area contributed by atoms with Crippen molar-refractivity contribution in [2.45, 2.75) is 33.5 Å². The van der Waals surface area contributed by atoms with Crippen LogP contribution in [-0.4, -0.2) is 30.8 Å². The van der Waals surface area contributed by atoms with E-state index in [9.17, 15) is 13.2 Å². The van der Waals surface area contributed by atoms with E-state index in [4.69, 9.17) is 0 Å². The molecule has 1 rings (SSSR count). The molecule has 0 spiro atoms. The van der Waals surface area contributed by atoms with Crippen molar-refractivity contribution in [1.82, 2.24) is 10.3 Å². The van der Waals surface area contributed by atoms with Gasteiger partial charge in [0.2, 0.25) is 0 Å². The Morgan fingerprint density at radius 1 is 1.42 bits per heavy atom. The fourth-order valence-electron chi connectivity index (χ4n) is 1.54. The molecule has 0 saturated carbocycles. The Kier molecular flexibility index (Phi) is 6.06. The number of rotatable bonds is 7. The van der Waals surface area contributed by atoms with Crippen molar-refractivity contribution in [3.8, 4) is 0 Å². The number of anilines is 1. The molecule has 0 aromatic carbocycles. The monoisotopic (exact) mass is 295 g/mol. The van der Waals surface area contributed by atoms with E-state index in [2.05, 4.69) is 24.1 Å². The molecule has 0 fully saturated rings. The quantitative estimate of drug-likeness (QED) is 0.837. The van der Waals surface area contributed by atoms with Crippen molar-refractivity contribution in [1.29, 1.82) is 0 Å². The Morgan fingerprint density at radius 3 is 2.63 bits per heavy atom. The third-order valence-corrected chi connectivity index (χ3v) is 3.37. The molecule has 0 bridgehead atoms. The first-order chi connectivity index (χ1) is 8.81. The lowest BCUT2D eigenvalue weighted by atomic mass is 10.2. The average Bonchev–Trinajstić information content (AvgIpc) is 2.73. The van der Waals surface area contributed by atoms with E-state index >= 15 is 0 Å². The van der Waals surface area contributed by atoms with E-state index in [0.29, 0.717) is 24.1 Å². The Morgan fingerprint density at radius 2 is 2.11 bits per heavy atom. The second kappa shape index (κ2) is 7.09. The number of alkyl halides is 3. The molecule has 0 radical (unpaired) electrons. The van der Waals surface area contributed by atoms with Crippen molar-refractivity contribution < 1.29 is 13.2 Å². The molecule has 1 heterocycles. The Balaban J connectivity index is 2.56. The zero-order chi connectivity index (χ0) is 14.5. The van der Waals surface area contributed by atoms with Crippen molar-refractivity contribution in [2.24, 2.45) is 5.92 Å². The van der Waals surface area contributed by atoms with Crippen LogP contribution in [0.2, 0.25) is 0 Å². The van der Waals surface area contributed by atoms with Crippen molar-refractivity contribution >= 4 is 16.5 Å². The Bertz CT molecular complexity index is 377. The van der Waals surface area contributed by atoms with E-state index in [-0.39, 0.29) is 0 Å². The Hall–Kier alpha value is -0.820. The van der Waals surface area contributed by atoms with Crippen LogP contribution in [0.4, 0.5) is 18.3 Å². The van der Waals surface area contributed by atoms with Gasteiger partial charge in [-0.3, -0.25) is 0 Å². The number of aromatic nitrogens is 1. The molecule has 0 saturated heterocycles. The molecule has 19 heavy (non-hydrogen) atoms. The molecule has 0 atom stereocenters. The van der Waals surface area contributed by atoms with Gasteiger partial charge in [-0.1, -0.05) is 13.8 Å². The average molecular weight is 295 g/mol. The first-order valence-electron chi connectivity index (χ1n) is 6.28. The number of hydrogen-bond donors (Lipinski definition) is 1. The molecule has 0 amide bonds. The van der Waals surface area contributed by atoms with Gasteiger partial charge in [-0.15, -0.1) is 11.3 Å². The van der Waals surface area contributed by atoms with Gasteiger partial charge in [0.15, 0.2) is 5.13 Å². The van der Waals surface area contributed by atoms with Gasteiger partial charge in [-0.2, -0.15) is 13.2 Å². The van der Waals surface area contributed by atoms with Gasteiger partial charge < -0.3 is 10.2 Å². The normalized spacial score (nSPS) is 12.2. The summed E-state index contributed by atoms with van der Waals surface area (Å²) < 4.78 is 37.2. The summed E-state index contributed by atoms with van der Waals surface area (Å²) >= 11 is 1.26. The zero-order valence-electron chi connectivity index (χ0n) is 11.4. The van der Waals surface area contributed by atoms with Crippen molar-refractivity contribution in [3.63, 3.8) is 0 Å². The SMILES string of the molecule is CCN(CC(F)(F)F)c1nc(CNCC(C)C)cs1.